The standard InChI is InChI=1S/C17H12Cl2O2/c18-12-6-7-15-14(10-12)17(20)13(8-9-21-15)16(19)11-4-2-1-3-5-11/h1-7,10H,8-9H2. The number of ether oxygens (including phenoxy) is 1. The number of carbonyl (C=O) groups excluding carboxylic acids is 1. The second-order valence-electron chi connectivity index (χ2n) is 4.73. The molecule has 0 radical (unpaired) electrons. The molecule has 0 aromatic heterocycles. The van der Waals surface area contributed by atoms with Crippen molar-refractivity contribution in [3.63, 3.8) is 0 Å². The van der Waals surface area contributed by atoms with Gasteiger partial charge in [-0.3, -0.25) is 4.79 Å². The van der Waals surface area contributed by atoms with Crippen LogP contribution >= 0.6 is 23.2 Å². The molecular formula is C17H12Cl2O2. The number of ketones is 1. The van der Waals surface area contributed by atoms with Gasteiger partial charge in [-0.15, -0.1) is 0 Å². The largest absolute Gasteiger partial charge is 0.492 e. The van der Waals surface area contributed by atoms with E-state index in [0.717, 1.165) is 5.56 Å². The van der Waals surface area contributed by atoms with Gasteiger partial charge in [-0.1, -0.05) is 53.5 Å². The van der Waals surface area contributed by atoms with Crippen molar-refractivity contribution < 1.29 is 9.53 Å². The van der Waals surface area contributed by atoms with Gasteiger partial charge in [0.05, 0.1) is 17.2 Å². The van der Waals surface area contributed by atoms with Gasteiger partial charge >= 0.3 is 0 Å². The molecule has 0 spiro atoms. The molecule has 4 heteroatoms. The molecule has 3 rings (SSSR count). The first-order chi connectivity index (χ1) is 10.2. The van der Waals surface area contributed by atoms with E-state index in [4.69, 9.17) is 27.9 Å². The molecule has 0 amide bonds. The molecule has 2 aromatic carbocycles. The molecule has 0 saturated heterocycles. The molecule has 0 aliphatic carbocycles. The van der Waals surface area contributed by atoms with E-state index >= 15 is 0 Å². The third-order valence-electron chi connectivity index (χ3n) is 3.36. The number of hydrogen-bond acceptors (Lipinski definition) is 2. The lowest BCUT2D eigenvalue weighted by molar-refractivity contribution is 0.103. The molecule has 106 valence electrons. The van der Waals surface area contributed by atoms with E-state index in [1.165, 1.54) is 0 Å². The van der Waals surface area contributed by atoms with E-state index in [9.17, 15) is 4.79 Å². The highest BCUT2D eigenvalue weighted by molar-refractivity contribution is 6.51. The minimum Gasteiger partial charge on any atom is -0.492 e. The van der Waals surface area contributed by atoms with Crippen molar-refractivity contribution in [1.29, 1.82) is 0 Å². The molecule has 1 aliphatic heterocycles. The van der Waals surface area contributed by atoms with Gasteiger partial charge in [-0.05, 0) is 23.8 Å². The number of halogens is 2. The zero-order valence-corrected chi connectivity index (χ0v) is 12.6. The molecule has 2 nitrogen and oxygen atoms in total. The third-order valence-corrected chi connectivity index (χ3v) is 4.04. The lowest BCUT2D eigenvalue weighted by Gasteiger charge is -2.07. The van der Waals surface area contributed by atoms with E-state index < -0.39 is 0 Å². The molecule has 1 heterocycles. The first kappa shape index (κ1) is 14.2. The van der Waals surface area contributed by atoms with Crippen LogP contribution in [0.15, 0.2) is 54.1 Å². The van der Waals surface area contributed by atoms with E-state index in [1.54, 1.807) is 18.2 Å². The molecular weight excluding hydrogens is 307 g/mol. The van der Waals surface area contributed by atoms with Gasteiger partial charge in [0.2, 0.25) is 0 Å². The highest BCUT2D eigenvalue weighted by atomic mass is 35.5. The second kappa shape index (κ2) is 5.92. The topological polar surface area (TPSA) is 26.3 Å². The van der Waals surface area contributed by atoms with Crippen molar-refractivity contribution in [2.45, 2.75) is 6.42 Å². The summed E-state index contributed by atoms with van der Waals surface area (Å²) in [6.45, 7) is 0.415. The molecule has 21 heavy (non-hydrogen) atoms. The Balaban J connectivity index is 2.11. The molecule has 0 N–H and O–H groups in total. The van der Waals surface area contributed by atoms with Gasteiger partial charge in [-0.2, -0.15) is 0 Å². The number of carbonyl (C=O) groups is 1. The number of Topliss-reactive ketones (excluding diaryl/α,β-unsaturated/α-hetero) is 1. The number of hydrogen-bond donors (Lipinski definition) is 0. The molecule has 0 fully saturated rings. The van der Waals surface area contributed by atoms with Gasteiger partial charge in [0.25, 0.3) is 0 Å². The quantitative estimate of drug-likeness (QED) is 0.695. The molecule has 0 bridgehead atoms. The highest BCUT2D eigenvalue weighted by Gasteiger charge is 2.24. The molecule has 0 saturated carbocycles. The van der Waals surface area contributed by atoms with Crippen LogP contribution in [-0.2, 0) is 0 Å². The first-order valence-electron chi connectivity index (χ1n) is 6.58. The average molecular weight is 319 g/mol. The number of fused-ring (bicyclic) bond motifs is 1. The van der Waals surface area contributed by atoms with Crippen molar-refractivity contribution in [2.75, 3.05) is 6.61 Å². The van der Waals surface area contributed by atoms with Gasteiger partial charge in [0, 0.05) is 17.0 Å². The van der Waals surface area contributed by atoms with Crippen molar-refractivity contribution >= 4 is 34.0 Å². The zero-order valence-electron chi connectivity index (χ0n) is 11.1. The Labute approximate surface area is 132 Å². The molecule has 1 aliphatic rings. The molecule has 0 unspecified atom stereocenters. The maximum Gasteiger partial charge on any atom is 0.194 e. The fourth-order valence-corrected chi connectivity index (χ4v) is 2.79. The van der Waals surface area contributed by atoms with E-state index in [-0.39, 0.29) is 5.78 Å². The second-order valence-corrected chi connectivity index (χ2v) is 5.54. The first-order valence-corrected chi connectivity index (χ1v) is 7.33. The van der Waals surface area contributed by atoms with E-state index in [1.807, 2.05) is 30.3 Å². The summed E-state index contributed by atoms with van der Waals surface area (Å²) in [6.07, 6.45) is 0.471. The zero-order chi connectivity index (χ0) is 14.8. The highest BCUT2D eigenvalue weighted by Crippen LogP contribution is 2.34. The molecule has 2 aromatic rings. The fraction of sp³-hybridized carbons (Fsp3) is 0.118. The number of rotatable bonds is 1. The van der Waals surface area contributed by atoms with Crippen LogP contribution in [0.2, 0.25) is 5.02 Å². The summed E-state index contributed by atoms with van der Waals surface area (Å²) in [7, 11) is 0. The lowest BCUT2D eigenvalue weighted by atomic mass is 9.99. The Hall–Kier alpha value is -1.77. The summed E-state index contributed by atoms with van der Waals surface area (Å²) >= 11 is 12.4. The lowest BCUT2D eigenvalue weighted by Crippen LogP contribution is -2.04. The van der Waals surface area contributed by atoms with Crippen molar-refractivity contribution in [2.24, 2.45) is 0 Å². The van der Waals surface area contributed by atoms with Crippen LogP contribution in [-0.4, -0.2) is 12.4 Å². The van der Waals surface area contributed by atoms with E-state index in [0.29, 0.717) is 40.0 Å². The van der Waals surface area contributed by atoms with Gasteiger partial charge < -0.3 is 4.74 Å². The van der Waals surface area contributed by atoms with Crippen LogP contribution in [0.1, 0.15) is 22.3 Å². The van der Waals surface area contributed by atoms with Crippen molar-refractivity contribution in [3.05, 3.63) is 70.3 Å². The Bertz CT molecular complexity index is 721. The summed E-state index contributed by atoms with van der Waals surface area (Å²) in [5.41, 5.74) is 1.85. The smallest absolute Gasteiger partial charge is 0.194 e. The van der Waals surface area contributed by atoms with Crippen molar-refractivity contribution in [1.82, 2.24) is 0 Å². The summed E-state index contributed by atoms with van der Waals surface area (Å²) < 4.78 is 5.62. The van der Waals surface area contributed by atoms with Crippen LogP contribution in [0, 0.1) is 0 Å². The summed E-state index contributed by atoms with van der Waals surface area (Å²) in [5.74, 6) is 0.427. The third kappa shape index (κ3) is 2.82. The Morgan fingerprint density at radius 2 is 1.86 bits per heavy atom. The Morgan fingerprint density at radius 3 is 2.62 bits per heavy atom. The minimum absolute atomic E-state index is 0.126. The predicted molar refractivity (Wildman–Crippen MR) is 85.1 cm³/mol. The van der Waals surface area contributed by atoms with Crippen molar-refractivity contribution in [3.8, 4) is 5.75 Å². The fourth-order valence-electron chi connectivity index (χ4n) is 2.31. The van der Waals surface area contributed by atoms with Crippen LogP contribution in [0.5, 0.6) is 5.75 Å². The summed E-state index contributed by atoms with van der Waals surface area (Å²) in [4.78, 5) is 12.7. The average Bonchev–Trinajstić information content (AvgIpc) is 2.67. The maximum absolute atomic E-state index is 12.7. The van der Waals surface area contributed by atoms with E-state index in [2.05, 4.69) is 0 Å². The van der Waals surface area contributed by atoms with Crippen LogP contribution < -0.4 is 4.74 Å². The molecule has 0 atom stereocenters. The maximum atomic E-state index is 12.7. The Kier molecular flexibility index (Phi) is 4.00. The Morgan fingerprint density at radius 1 is 1.10 bits per heavy atom. The summed E-state index contributed by atoms with van der Waals surface area (Å²) in [5, 5.41) is 0.972. The van der Waals surface area contributed by atoms with Gasteiger partial charge in [0.15, 0.2) is 5.78 Å². The predicted octanol–water partition coefficient (Wildman–Crippen LogP) is 4.96. The SMILES string of the molecule is O=C1C(=C(Cl)c2ccccc2)CCOc2ccc(Cl)cc21. The number of benzene rings is 2. The monoisotopic (exact) mass is 318 g/mol. The van der Waals surface area contributed by atoms with Crippen LogP contribution in [0.3, 0.4) is 0 Å². The summed E-state index contributed by atoms with van der Waals surface area (Å²) in [6, 6.07) is 14.5. The van der Waals surface area contributed by atoms with Gasteiger partial charge in [-0.25, -0.2) is 0 Å². The van der Waals surface area contributed by atoms with Crippen LogP contribution in [0.4, 0.5) is 0 Å². The van der Waals surface area contributed by atoms with Crippen LogP contribution in [0.25, 0.3) is 5.03 Å². The normalized spacial score (nSPS) is 16.8. The minimum atomic E-state index is -0.126. The van der Waals surface area contributed by atoms with Gasteiger partial charge in [0.1, 0.15) is 5.75 Å².